The molecule has 0 aliphatic rings. The molecule has 0 aromatic carbocycles. The number of pyridine rings is 1. The van der Waals surface area contributed by atoms with Crippen molar-refractivity contribution in [3.05, 3.63) is 24.5 Å². The Morgan fingerprint density at radius 2 is 2.11 bits per heavy atom. The van der Waals surface area contributed by atoms with Gasteiger partial charge in [-0.05, 0) is 25.0 Å². The van der Waals surface area contributed by atoms with Gasteiger partial charge in [0.15, 0.2) is 5.65 Å². The molecule has 2 heterocycles. The SMILES string of the molecule is COC(=O)CCCCNc1ccc2nccnc2n1. The van der Waals surface area contributed by atoms with Crippen LogP contribution in [0.25, 0.3) is 11.2 Å². The Kier molecular flexibility index (Phi) is 4.60. The van der Waals surface area contributed by atoms with Crippen LogP contribution in [0.15, 0.2) is 24.5 Å². The third kappa shape index (κ3) is 3.87. The highest BCUT2D eigenvalue weighted by atomic mass is 16.5. The van der Waals surface area contributed by atoms with Crippen molar-refractivity contribution in [3.8, 4) is 0 Å². The maximum atomic E-state index is 10.9. The van der Waals surface area contributed by atoms with Crippen molar-refractivity contribution in [1.29, 1.82) is 0 Å². The Balaban J connectivity index is 1.80. The first kappa shape index (κ1) is 13.2. The lowest BCUT2D eigenvalue weighted by molar-refractivity contribution is -0.140. The molecule has 6 nitrogen and oxygen atoms in total. The molecule has 0 saturated heterocycles. The molecule has 2 rings (SSSR count). The van der Waals surface area contributed by atoms with Crippen molar-refractivity contribution in [3.63, 3.8) is 0 Å². The summed E-state index contributed by atoms with van der Waals surface area (Å²) in [6.07, 6.45) is 5.40. The minimum Gasteiger partial charge on any atom is -0.469 e. The van der Waals surface area contributed by atoms with Gasteiger partial charge in [-0.25, -0.2) is 9.97 Å². The number of aromatic nitrogens is 3. The lowest BCUT2D eigenvalue weighted by Crippen LogP contribution is -2.05. The normalized spacial score (nSPS) is 10.4. The van der Waals surface area contributed by atoms with Crippen LogP contribution in [-0.4, -0.2) is 34.6 Å². The maximum Gasteiger partial charge on any atom is 0.305 e. The number of esters is 1. The average Bonchev–Trinajstić information content (AvgIpc) is 2.46. The molecule has 0 saturated carbocycles. The Labute approximate surface area is 111 Å². The van der Waals surface area contributed by atoms with Crippen LogP contribution < -0.4 is 5.32 Å². The van der Waals surface area contributed by atoms with Crippen LogP contribution in [0.1, 0.15) is 19.3 Å². The molecule has 0 aliphatic heterocycles. The molecule has 0 radical (unpaired) electrons. The summed E-state index contributed by atoms with van der Waals surface area (Å²) >= 11 is 0. The van der Waals surface area contributed by atoms with Gasteiger partial charge >= 0.3 is 5.97 Å². The van der Waals surface area contributed by atoms with Crippen molar-refractivity contribution in [2.24, 2.45) is 0 Å². The summed E-state index contributed by atoms with van der Waals surface area (Å²) < 4.78 is 4.58. The van der Waals surface area contributed by atoms with Gasteiger partial charge in [-0.15, -0.1) is 0 Å². The third-order valence-electron chi connectivity index (χ3n) is 2.67. The maximum absolute atomic E-state index is 10.9. The van der Waals surface area contributed by atoms with Gasteiger partial charge in [0.05, 0.1) is 7.11 Å². The molecule has 0 aliphatic carbocycles. The summed E-state index contributed by atoms with van der Waals surface area (Å²) in [5.41, 5.74) is 1.40. The topological polar surface area (TPSA) is 77.0 Å². The van der Waals surface area contributed by atoms with Gasteiger partial charge in [0.25, 0.3) is 0 Å². The van der Waals surface area contributed by atoms with Crippen molar-refractivity contribution in [2.45, 2.75) is 19.3 Å². The highest BCUT2D eigenvalue weighted by Gasteiger charge is 2.01. The number of rotatable bonds is 6. The van der Waals surface area contributed by atoms with Crippen LogP contribution in [0.4, 0.5) is 5.82 Å². The van der Waals surface area contributed by atoms with Crippen molar-refractivity contribution >= 4 is 23.0 Å². The molecule has 0 spiro atoms. The second kappa shape index (κ2) is 6.63. The zero-order valence-electron chi connectivity index (χ0n) is 10.8. The van der Waals surface area contributed by atoms with Gasteiger partial charge in [-0.3, -0.25) is 9.78 Å². The highest BCUT2D eigenvalue weighted by molar-refractivity contribution is 5.71. The van der Waals surface area contributed by atoms with Crippen molar-refractivity contribution in [1.82, 2.24) is 15.0 Å². The van der Waals surface area contributed by atoms with E-state index in [-0.39, 0.29) is 5.97 Å². The summed E-state index contributed by atoms with van der Waals surface area (Å²) in [4.78, 5) is 23.6. The van der Waals surface area contributed by atoms with Crippen LogP contribution in [0, 0.1) is 0 Å². The smallest absolute Gasteiger partial charge is 0.305 e. The number of nitrogens with one attached hydrogen (secondary N) is 1. The average molecular weight is 260 g/mol. The molecule has 0 bridgehead atoms. The molecule has 100 valence electrons. The minimum atomic E-state index is -0.167. The standard InChI is InChI=1S/C13H16N4O2/c1-19-12(18)4-2-3-7-15-11-6-5-10-13(17-11)16-9-8-14-10/h5-6,8-9H,2-4,7H2,1H3,(H,15,16,17). The lowest BCUT2D eigenvalue weighted by Gasteiger charge is -2.05. The third-order valence-corrected chi connectivity index (χ3v) is 2.67. The van der Waals surface area contributed by atoms with E-state index in [1.165, 1.54) is 7.11 Å². The van der Waals surface area contributed by atoms with Crippen molar-refractivity contribution in [2.75, 3.05) is 19.0 Å². The van der Waals surface area contributed by atoms with Gasteiger partial charge in [-0.1, -0.05) is 0 Å². The Morgan fingerprint density at radius 3 is 2.95 bits per heavy atom. The molecular weight excluding hydrogens is 244 g/mol. The molecule has 1 N–H and O–H groups in total. The molecule has 6 heteroatoms. The van der Waals surface area contributed by atoms with Gasteiger partial charge in [0.2, 0.25) is 0 Å². The molecule has 0 amide bonds. The van der Waals surface area contributed by atoms with E-state index in [4.69, 9.17) is 0 Å². The van der Waals surface area contributed by atoms with E-state index in [2.05, 4.69) is 25.0 Å². The summed E-state index contributed by atoms with van der Waals surface area (Å²) in [5, 5.41) is 3.20. The van der Waals surface area contributed by atoms with Crippen LogP contribution >= 0.6 is 0 Å². The van der Waals surface area contributed by atoms with E-state index in [9.17, 15) is 4.79 Å². The number of carbonyl (C=O) groups excluding carboxylic acids is 1. The lowest BCUT2D eigenvalue weighted by atomic mass is 10.2. The van der Waals surface area contributed by atoms with E-state index in [0.717, 1.165) is 30.7 Å². The molecule has 0 unspecified atom stereocenters. The van der Waals surface area contributed by atoms with Crippen LogP contribution in [0.2, 0.25) is 0 Å². The number of anilines is 1. The zero-order valence-corrected chi connectivity index (χ0v) is 10.8. The van der Waals surface area contributed by atoms with Gasteiger partial charge < -0.3 is 10.1 Å². The zero-order chi connectivity index (χ0) is 13.5. The van der Waals surface area contributed by atoms with E-state index in [1.54, 1.807) is 12.4 Å². The van der Waals surface area contributed by atoms with Crippen LogP contribution in [0.5, 0.6) is 0 Å². The molecule has 2 aromatic rings. The van der Waals surface area contributed by atoms with Crippen LogP contribution in [0.3, 0.4) is 0 Å². The first-order chi connectivity index (χ1) is 9.29. The largest absolute Gasteiger partial charge is 0.469 e. The predicted molar refractivity (Wildman–Crippen MR) is 71.7 cm³/mol. The van der Waals surface area contributed by atoms with Gasteiger partial charge in [-0.2, -0.15) is 0 Å². The molecule has 19 heavy (non-hydrogen) atoms. The molecule has 2 aromatic heterocycles. The first-order valence-corrected chi connectivity index (χ1v) is 6.18. The summed E-state index contributed by atoms with van der Waals surface area (Å²) in [6, 6.07) is 3.75. The summed E-state index contributed by atoms with van der Waals surface area (Å²) in [5.74, 6) is 0.602. The summed E-state index contributed by atoms with van der Waals surface area (Å²) in [6.45, 7) is 0.760. The van der Waals surface area contributed by atoms with E-state index in [1.807, 2.05) is 12.1 Å². The highest BCUT2D eigenvalue weighted by Crippen LogP contribution is 2.10. The van der Waals surface area contributed by atoms with E-state index >= 15 is 0 Å². The Morgan fingerprint density at radius 1 is 1.26 bits per heavy atom. The second-order valence-electron chi connectivity index (χ2n) is 4.06. The number of unbranched alkanes of at least 4 members (excludes halogenated alkanes) is 1. The minimum absolute atomic E-state index is 0.167. The van der Waals surface area contributed by atoms with Gasteiger partial charge in [0, 0.05) is 25.4 Å². The number of ether oxygens (including phenoxy) is 1. The fourth-order valence-electron chi connectivity index (χ4n) is 1.67. The van der Waals surface area contributed by atoms with Crippen molar-refractivity contribution < 1.29 is 9.53 Å². The predicted octanol–water partition coefficient (Wildman–Crippen LogP) is 1.78. The second-order valence-corrected chi connectivity index (χ2v) is 4.06. The first-order valence-electron chi connectivity index (χ1n) is 6.18. The van der Waals surface area contributed by atoms with Crippen LogP contribution in [-0.2, 0) is 9.53 Å². The molecule has 0 atom stereocenters. The number of fused-ring (bicyclic) bond motifs is 1. The monoisotopic (exact) mass is 260 g/mol. The van der Waals surface area contributed by atoms with E-state index in [0.29, 0.717) is 12.1 Å². The number of nitrogens with zero attached hydrogens (tertiary/aromatic N) is 3. The number of hydrogen-bond acceptors (Lipinski definition) is 6. The van der Waals surface area contributed by atoms with Gasteiger partial charge in [0.1, 0.15) is 11.3 Å². The number of hydrogen-bond donors (Lipinski definition) is 1. The molecular formula is C13H16N4O2. The summed E-state index contributed by atoms with van der Waals surface area (Å²) in [7, 11) is 1.40. The molecule has 0 fully saturated rings. The number of carbonyl (C=O) groups is 1. The fourth-order valence-corrected chi connectivity index (χ4v) is 1.67. The van der Waals surface area contributed by atoms with E-state index < -0.39 is 0 Å². The Bertz CT molecular complexity index is 559. The fraction of sp³-hybridized carbons (Fsp3) is 0.385. The quantitative estimate of drug-likeness (QED) is 0.630. The number of methoxy groups -OCH3 is 1. The Hall–Kier alpha value is -2.24.